The molecule has 2 aromatic carbocycles. The van der Waals surface area contributed by atoms with Crippen LogP contribution >= 0.6 is 23.4 Å². The summed E-state index contributed by atoms with van der Waals surface area (Å²) < 4.78 is 5.63. The van der Waals surface area contributed by atoms with Crippen LogP contribution in [0.4, 0.5) is 0 Å². The fourth-order valence-electron chi connectivity index (χ4n) is 1.68. The van der Waals surface area contributed by atoms with Crippen LogP contribution in [0.3, 0.4) is 0 Å². The van der Waals surface area contributed by atoms with E-state index in [1.165, 1.54) is 4.90 Å². The average molecular weight is 323 g/mol. The summed E-state index contributed by atoms with van der Waals surface area (Å²) in [6.07, 6.45) is 0. The number of benzene rings is 2. The lowest BCUT2D eigenvalue weighted by molar-refractivity contribution is 0.318. The quantitative estimate of drug-likeness (QED) is 0.213. The third-order valence-corrected chi connectivity index (χ3v) is 3.98. The maximum Gasteiger partial charge on any atom is 0.171 e. The molecule has 0 bridgehead atoms. The molecule has 6 heteroatoms. The minimum Gasteiger partial charge on any atom is -0.493 e. The van der Waals surface area contributed by atoms with Gasteiger partial charge in [0.05, 0.1) is 11.6 Å². The van der Waals surface area contributed by atoms with Crippen molar-refractivity contribution < 1.29 is 9.94 Å². The van der Waals surface area contributed by atoms with Crippen LogP contribution in [0.2, 0.25) is 5.02 Å². The molecule has 3 N–H and O–H groups in total. The van der Waals surface area contributed by atoms with Crippen molar-refractivity contribution in [3.63, 3.8) is 0 Å². The molecule has 0 spiro atoms. The molecule has 0 atom stereocenters. The Balaban J connectivity index is 1.85. The SMILES string of the molecule is N/C(=N/O)c1ccc(OCCSc2ccccc2)cc1Cl. The van der Waals surface area contributed by atoms with Crippen LogP contribution in [0.1, 0.15) is 5.56 Å². The van der Waals surface area contributed by atoms with Crippen LogP contribution in [0.25, 0.3) is 0 Å². The zero-order valence-electron chi connectivity index (χ0n) is 11.2. The van der Waals surface area contributed by atoms with Crippen molar-refractivity contribution in [2.75, 3.05) is 12.4 Å². The first-order chi connectivity index (χ1) is 10.2. The zero-order chi connectivity index (χ0) is 15.1. The van der Waals surface area contributed by atoms with Crippen LogP contribution in [-0.4, -0.2) is 23.4 Å². The summed E-state index contributed by atoms with van der Waals surface area (Å²) in [5.41, 5.74) is 5.98. The summed E-state index contributed by atoms with van der Waals surface area (Å²) in [7, 11) is 0. The van der Waals surface area contributed by atoms with Gasteiger partial charge in [-0.3, -0.25) is 0 Å². The van der Waals surface area contributed by atoms with Crippen molar-refractivity contribution in [3.05, 3.63) is 59.1 Å². The Morgan fingerprint density at radius 2 is 2.00 bits per heavy atom. The summed E-state index contributed by atoms with van der Waals surface area (Å²) in [6.45, 7) is 0.568. The van der Waals surface area contributed by atoms with Gasteiger partial charge in [0.1, 0.15) is 5.75 Å². The Kier molecular flexibility index (Phi) is 5.78. The Labute approximate surface area is 132 Å². The maximum atomic E-state index is 8.63. The molecule has 0 aliphatic heterocycles. The average Bonchev–Trinajstić information content (AvgIpc) is 2.52. The third-order valence-electron chi connectivity index (χ3n) is 2.69. The predicted octanol–water partition coefficient (Wildman–Crippen LogP) is 3.61. The summed E-state index contributed by atoms with van der Waals surface area (Å²) in [5, 5.41) is 11.9. The zero-order valence-corrected chi connectivity index (χ0v) is 12.8. The van der Waals surface area contributed by atoms with E-state index < -0.39 is 0 Å². The number of hydrogen-bond donors (Lipinski definition) is 2. The highest BCUT2D eigenvalue weighted by Crippen LogP contribution is 2.23. The van der Waals surface area contributed by atoms with Crippen molar-refractivity contribution in [2.24, 2.45) is 10.9 Å². The van der Waals surface area contributed by atoms with Gasteiger partial charge in [-0.15, -0.1) is 11.8 Å². The van der Waals surface area contributed by atoms with Gasteiger partial charge in [-0.1, -0.05) is 35.0 Å². The van der Waals surface area contributed by atoms with E-state index in [0.717, 1.165) is 5.75 Å². The number of nitrogens with zero attached hydrogens (tertiary/aromatic N) is 1. The summed E-state index contributed by atoms with van der Waals surface area (Å²) >= 11 is 7.78. The molecule has 0 amide bonds. The van der Waals surface area contributed by atoms with Crippen LogP contribution in [-0.2, 0) is 0 Å². The van der Waals surface area contributed by atoms with Crippen molar-refractivity contribution in [1.82, 2.24) is 0 Å². The molecule has 0 saturated carbocycles. The monoisotopic (exact) mass is 322 g/mol. The summed E-state index contributed by atoms with van der Waals surface area (Å²) in [6, 6.07) is 15.2. The lowest BCUT2D eigenvalue weighted by atomic mass is 10.2. The fraction of sp³-hybridized carbons (Fsp3) is 0.133. The fourth-order valence-corrected chi connectivity index (χ4v) is 2.70. The van der Waals surface area contributed by atoms with Crippen molar-refractivity contribution in [1.29, 1.82) is 0 Å². The Morgan fingerprint density at radius 1 is 1.24 bits per heavy atom. The molecule has 0 radical (unpaired) electrons. The van der Waals surface area contributed by atoms with Crippen molar-refractivity contribution in [2.45, 2.75) is 4.90 Å². The molecule has 4 nitrogen and oxygen atoms in total. The normalized spacial score (nSPS) is 11.4. The Bertz CT molecular complexity index is 620. The van der Waals surface area contributed by atoms with E-state index in [9.17, 15) is 0 Å². The first kappa shape index (κ1) is 15.5. The largest absolute Gasteiger partial charge is 0.493 e. The summed E-state index contributed by atoms with van der Waals surface area (Å²) in [4.78, 5) is 1.21. The third kappa shape index (κ3) is 4.58. The summed E-state index contributed by atoms with van der Waals surface area (Å²) in [5.74, 6) is 1.47. The van der Waals surface area contributed by atoms with Gasteiger partial charge >= 0.3 is 0 Å². The van der Waals surface area contributed by atoms with E-state index in [-0.39, 0.29) is 5.84 Å². The van der Waals surface area contributed by atoms with Gasteiger partial charge in [0.15, 0.2) is 5.84 Å². The number of nitrogens with two attached hydrogens (primary N) is 1. The van der Waals surface area contributed by atoms with Crippen LogP contribution < -0.4 is 10.5 Å². The number of thioether (sulfide) groups is 1. The van der Waals surface area contributed by atoms with E-state index >= 15 is 0 Å². The second-order valence-corrected chi connectivity index (χ2v) is 5.71. The van der Waals surface area contributed by atoms with Crippen molar-refractivity contribution in [3.8, 4) is 5.75 Å². The van der Waals surface area contributed by atoms with E-state index in [1.54, 1.807) is 30.0 Å². The number of amidine groups is 1. The van der Waals surface area contributed by atoms with Crippen LogP contribution in [0, 0.1) is 0 Å². The lowest BCUT2D eigenvalue weighted by Gasteiger charge is -2.08. The van der Waals surface area contributed by atoms with E-state index in [0.29, 0.717) is 22.9 Å². The molecular formula is C15H15ClN2O2S. The maximum absolute atomic E-state index is 8.63. The highest BCUT2D eigenvalue weighted by molar-refractivity contribution is 7.99. The molecule has 2 aromatic rings. The molecule has 0 aliphatic rings. The van der Waals surface area contributed by atoms with Crippen molar-refractivity contribution >= 4 is 29.2 Å². The smallest absolute Gasteiger partial charge is 0.171 e. The van der Waals surface area contributed by atoms with Gasteiger partial charge in [-0.05, 0) is 30.3 Å². The first-order valence-corrected chi connectivity index (χ1v) is 7.65. The molecule has 110 valence electrons. The first-order valence-electron chi connectivity index (χ1n) is 6.29. The van der Waals surface area contributed by atoms with Gasteiger partial charge < -0.3 is 15.7 Å². The number of rotatable bonds is 6. The van der Waals surface area contributed by atoms with Crippen LogP contribution in [0.15, 0.2) is 58.6 Å². The Hall–Kier alpha value is -1.85. The van der Waals surface area contributed by atoms with Gasteiger partial charge in [0.2, 0.25) is 0 Å². The number of oxime groups is 1. The highest BCUT2D eigenvalue weighted by atomic mass is 35.5. The highest BCUT2D eigenvalue weighted by Gasteiger charge is 2.06. The molecule has 0 aliphatic carbocycles. The van der Waals surface area contributed by atoms with Gasteiger partial charge in [-0.2, -0.15) is 0 Å². The number of hydrogen-bond acceptors (Lipinski definition) is 4. The minimum absolute atomic E-state index is 0.0221. The molecule has 0 unspecified atom stereocenters. The van der Waals surface area contributed by atoms with Gasteiger partial charge in [0, 0.05) is 16.2 Å². The standard InChI is InChI=1S/C15H15ClN2O2S/c16-14-10-11(6-7-13(14)15(17)18-19)20-8-9-21-12-4-2-1-3-5-12/h1-7,10,19H,8-9H2,(H2,17,18). The van der Waals surface area contributed by atoms with Gasteiger partial charge in [-0.25, -0.2) is 0 Å². The molecule has 2 rings (SSSR count). The second kappa shape index (κ2) is 7.81. The molecule has 21 heavy (non-hydrogen) atoms. The number of halogens is 1. The molecule has 0 aromatic heterocycles. The van der Waals surface area contributed by atoms with Crippen LogP contribution in [0.5, 0.6) is 5.75 Å². The Morgan fingerprint density at radius 3 is 2.67 bits per heavy atom. The predicted molar refractivity (Wildman–Crippen MR) is 86.6 cm³/mol. The molecule has 0 heterocycles. The molecular weight excluding hydrogens is 308 g/mol. The van der Waals surface area contributed by atoms with Gasteiger partial charge in [0.25, 0.3) is 0 Å². The minimum atomic E-state index is -0.0221. The second-order valence-electron chi connectivity index (χ2n) is 4.14. The lowest BCUT2D eigenvalue weighted by Crippen LogP contribution is -2.13. The molecule has 0 saturated heterocycles. The van der Waals surface area contributed by atoms with E-state index in [2.05, 4.69) is 17.3 Å². The molecule has 0 fully saturated rings. The topological polar surface area (TPSA) is 67.8 Å². The van der Waals surface area contributed by atoms with E-state index in [4.69, 9.17) is 27.3 Å². The van der Waals surface area contributed by atoms with E-state index in [1.807, 2.05) is 18.2 Å². The number of ether oxygens (including phenoxy) is 1.